The molecular formula is C23H46O5. The number of esters is 1. The summed E-state index contributed by atoms with van der Waals surface area (Å²) < 4.78 is 10.7. The molecule has 0 aliphatic carbocycles. The minimum Gasteiger partial charge on any atom is -0.460 e. The van der Waals surface area contributed by atoms with E-state index in [0.29, 0.717) is 13.2 Å². The van der Waals surface area contributed by atoms with E-state index in [0.717, 1.165) is 32.1 Å². The topological polar surface area (TPSA) is 76.0 Å². The van der Waals surface area contributed by atoms with Gasteiger partial charge in [-0.3, -0.25) is 0 Å². The van der Waals surface area contributed by atoms with Crippen LogP contribution in [0, 0.1) is 0 Å². The Kier molecular flexibility index (Phi) is 20.6. The van der Waals surface area contributed by atoms with Gasteiger partial charge < -0.3 is 19.7 Å². The third kappa shape index (κ3) is 18.7. The Morgan fingerprint density at radius 1 is 0.786 bits per heavy atom. The van der Waals surface area contributed by atoms with Crippen molar-refractivity contribution in [3.05, 3.63) is 0 Å². The van der Waals surface area contributed by atoms with Crippen molar-refractivity contribution in [1.82, 2.24) is 0 Å². The number of aliphatic hydroxyl groups is 2. The van der Waals surface area contributed by atoms with Crippen molar-refractivity contribution in [2.24, 2.45) is 0 Å². The van der Waals surface area contributed by atoms with Crippen LogP contribution in [0.5, 0.6) is 0 Å². The first kappa shape index (κ1) is 27.4. The largest absolute Gasteiger partial charge is 0.460 e. The van der Waals surface area contributed by atoms with E-state index in [1.807, 2.05) is 0 Å². The van der Waals surface area contributed by atoms with Gasteiger partial charge in [0.1, 0.15) is 12.2 Å². The number of unbranched alkanes of at least 4 members (excludes halogenated alkanes) is 11. The second-order valence-corrected chi connectivity index (χ2v) is 7.89. The quantitative estimate of drug-likeness (QED) is 0.205. The van der Waals surface area contributed by atoms with Crippen molar-refractivity contribution in [3.63, 3.8) is 0 Å². The summed E-state index contributed by atoms with van der Waals surface area (Å²) in [6, 6.07) is 0. The molecule has 0 aromatic carbocycles. The van der Waals surface area contributed by atoms with Gasteiger partial charge in [0.25, 0.3) is 0 Å². The number of carbonyl (C=O) groups is 1. The van der Waals surface area contributed by atoms with Crippen molar-refractivity contribution in [2.75, 3.05) is 19.8 Å². The third-order valence-electron chi connectivity index (χ3n) is 5.05. The average molecular weight is 403 g/mol. The molecule has 2 atom stereocenters. The molecule has 0 spiro atoms. The minimum atomic E-state index is -1.06. The molecule has 0 saturated carbocycles. The minimum absolute atomic E-state index is 0.0491. The smallest absolute Gasteiger partial charge is 0.334 e. The zero-order valence-corrected chi connectivity index (χ0v) is 18.5. The van der Waals surface area contributed by atoms with Gasteiger partial charge in [-0.1, -0.05) is 71.1 Å². The van der Waals surface area contributed by atoms with Gasteiger partial charge in [0.05, 0.1) is 13.2 Å². The Labute approximate surface area is 173 Å². The maximum absolute atomic E-state index is 11.7. The molecule has 5 nitrogen and oxygen atoms in total. The van der Waals surface area contributed by atoms with Crippen LogP contribution in [0.4, 0.5) is 0 Å². The van der Waals surface area contributed by atoms with Crippen LogP contribution in [-0.2, 0) is 14.3 Å². The van der Waals surface area contributed by atoms with Crippen molar-refractivity contribution in [2.45, 2.75) is 122 Å². The Balaban J connectivity index is 3.78. The molecule has 28 heavy (non-hydrogen) atoms. The summed E-state index contributed by atoms with van der Waals surface area (Å²) in [6.07, 6.45) is 16.6. The van der Waals surface area contributed by atoms with E-state index < -0.39 is 12.1 Å². The molecule has 0 amide bonds. The highest BCUT2D eigenvalue weighted by atomic mass is 16.6. The highest BCUT2D eigenvalue weighted by Gasteiger charge is 2.17. The van der Waals surface area contributed by atoms with Crippen molar-refractivity contribution < 1.29 is 24.5 Å². The number of aliphatic hydroxyl groups excluding tert-OH is 2. The lowest BCUT2D eigenvalue weighted by molar-refractivity contribution is -0.158. The number of rotatable bonds is 21. The van der Waals surface area contributed by atoms with Crippen LogP contribution in [0.15, 0.2) is 0 Å². The van der Waals surface area contributed by atoms with Crippen molar-refractivity contribution >= 4 is 5.97 Å². The SMILES string of the molecule is CCCCCCCCCCCCCC(CCCCOCCO)OC(=O)C(C)O. The van der Waals surface area contributed by atoms with E-state index in [4.69, 9.17) is 14.6 Å². The highest BCUT2D eigenvalue weighted by Crippen LogP contribution is 2.17. The Morgan fingerprint density at radius 2 is 1.29 bits per heavy atom. The molecule has 2 N–H and O–H groups in total. The first-order chi connectivity index (χ1) is 13.6. The van der Waals surface area contributed by atoms with Gasteiger partial charge in [-0.05, 0) is 39.0 Å². The van der Waals surface area contributed by atoms with Crippen LogP contribution in [0.2, 0.25) is 0 Å². The molecule has 0 bridgehead atoms. The van der Waals surface area contributed by atoms with Gasteiger partial charge in [-0.15, -0.1) is 0 Å². The maximum atomic E-state index is 11.7. The molecule has 0 fully saturated rings. The molecule has 0 aliphatic rings. The average Bonchev–Trinajstić information content (AvgIpc) is 2.68. The van der Waals surface area contributed by atoms with Gasteiger partial charge in [0.2, 0.25) is 0 Å². The fraction of sp³-hybridized carbons (Fsp3) is 0.957. The van der Waals surface area contributed by atoms with Gasteiger partial charge in [0, 0.05) is 6.61 Å². The standard InChI is InChI=1S/C23H46O5/c1-3-4-5-6-7-8-9-10-11-12-13-16-22(28-23(26)21(2)25)17-14-15-19-27-20-18-24/h21-22,24-25H,3-20H2,1-2H3. The Morgan fingerprint density at radius 3 is 1.79 bits per heavy atom. The van der Waals surface area contributed by atoms with Crippen molar-refractivity contribution in [3.8, 4) is 0 Å². The Hall–Kier alpha value is -0.650. The van der Waals surface area contributed by atoms with Gasteiger partial charge in [0.15, 0.2) is 0 Å². The molecule has 168 valence electrons. The zero-order chi connectivity index (χ0) is 20.9. The summed E-state index contributed by atoms with van der Waals surface area (Å²) in [5.41, 5.74) is 0. The second kappa shape index (κ2) is 21.1. The molecule has 0 aliphatic heterocycles. The Bertz CT molecular complexity index is 333. The maximum Gasteiger partial charge on any atom is 0.334 e. The fourth-order valence-corrected chi connectivity index (χ4v) is 3.30. The van der Waals surface area contributed by atoms with Crippen LogP contribution < -0.4 is 0 Å². The summed E-state index contributed by atoms with van der Waals surface area (Å²) in [4.78, 5) is 11.7. The lowest BCUT2D eigenvalue weighted by Crippen LogP contribution is -2.26. The predicted octanol–water partition coefficient (Wildman–Crippen LogP) is 5.16. The van der Waals surface area contributed by atoms with E-state index in [2.05, 4.69) is 6.92 Å². The van der Waals surface area contributed by atoms with Crippen LogP contribution in [0.25, 0.3) is 0 Å². The van der Waals surface area contributed by atoms with Gasteiger partial charge >= 0.3 is 5.97 Å². The van der Waals surface area contributed by atoms with Gasteiger partial charge in [-0.25, -0.2) is 4.79 Å². The fourth-order valence-electron chi connectivity index (χ4n) is 3.30. The molecular weight excluding hydrogens is 356 g/mol. The monoisotopic (exact) mass is 402 g/mol. The number of hydrogen-bond acceptors (Lipinski definition) is 5. The van der Waals surface area contributed by atoms with Crippen LogP contribution in [-0.4, -0.2) is 48.2 Å². The molecule has 2 unspecified atom stereocenters. The van der Waals surface area contributed by atoms with E-state index in [-0.39, 0.29) is 12.7 Å². The summed E-state index contributed by atoms with van der Waals surface area (Å²) in [5, 5.41) is 18.1. The lowest BCUT2D eigenvalue weighted by Gasteiger charge is -2.19. The first-order valence-corrected chi connectivity index (χ1v) is 11.7. The molecule has 0 heterocycles. The molecule has 0 aromatic rings. The molecule has 0 aromatic heterocycles. The summed E-state index contributed by atoms with van der Waals surface area (Å²) in [6.45, 7) is 4.75. The number of hydrogen-bond donors (Lipinski definition) is 2. The van der Waals surface area contributed by atoms with E-state index in [1.165, 1.54) is 71.1 Å². The summed E-state index contributed by atoms with van der Waals surface area (Å²) >= 11 is 0. The van der Waals surface area contributed by atoms with Crippen LogP contribution >= 0.6 is 0 Å². The van der Waals surface area contributed by atoms with E-state index in [1.54, 1.807) is 0 Å². The van der Waals surface area contributed by atoms with Crippen LogP contribution in [0.1, 0.15) is 110 Å². The number of ether oxygens (including phenoxy) is 2. The lowest BCUT2D eigenvalue weighted by atomic mass is 10.0. The van der Waals surface area contributed by atoms with Crippen molar-refractivity contribution in [1.29, 1.82) is 0 Å². The summed E-state index contributed by atoms with van der Waals surface area (Å²) in [7, 11) is 0. The number of carbonyl (C=O) groups excluding carboxylic acids is 1. The predicted molar refractivity (Wildman–Crippen MR) is 114 cm³/mol. The molecule has 0 radical (unpaired) electrons. The van der Waals surface area contributed by atoms with E-state index >= 15 is 0 Å². The van der Waals surface area contributed by atoms with Crippen LogP contribution in [0.3, 0.4) is 0 Å². The first-order valence-electron chi connectivity index (χ1n) is 11.7. The zero-order valence-electron chi connectivity index (χ0n) is 18.5. The second-order valence-electron chi connectivity index (χ2n) is 7.89. The molecule has 0 saturated heterocycles. The molecule has 0 rings (SSSR count). The summed E-state index contributed by atoms with van der Waals surface area (Å²) in [5.74, 6) is -0.524. The third-order valence-corrected chi connectivity index (χ3v) is 5.05. The van der Waals surface area contributed by atoms with E-state index in [9.17, 15) is 9.90 Å². The molecule has 5 heteroatoms. The van der Waals surface area contributed by atoms with Gasteiger partial charge in [-0.2, -0.15) is 0 Å². The highest BCUT2D eigenvalue weighted by molar-refractivity contribution is 5.73. The normalized spacial score (nSPS) is 13.4.